The van der Waals surface area contributed by atoms with E-state index in [1.54, 1.807) is 24.7 Å². The Hall–Kier alpha value is -3.74. The summed E-state index contributed by atoms with van der Waals surface area (Å²) in [6.45, 7) is 0. The summed E-state index contributed by atoms with van der Waals surface area (Å²) in [6, 6.07) is 15.5. The number of pyridine rings is 2. The van der Waals surface area contributed by atoms with Gasteiger partial charge in [-0.3, -0.25) is 9.78 Å². The molecule has 1 aromatic carbocycles. The van der Waals surface area contributed by atoms with Gasteiger partial charge in [0.1, 0.15) is 11.9 Å². The molecule has 0 radical (unpaired) electrons. The molecule has 0 aliphatic carbocycles. The van der Waals surface area contributed by atoms with Gasteiger partial charge in [-0.2, -0.15) is 0 Å². The van der Waals surface area contributed by atoms with E-state index in [9.17, 15) is 9.59 Å². The number of benzene rings is 1. The number of carbonyl (C=O) groups excluding carboxylic acids is 1. The third-order valence-electron chi connectivity index (χ3n) is 3.93. The van der Waals surface area contributed by atoms with Crippen molar-refractivity contribution in [2.24, 2.45) is 0 Å². The largest absolute Gasteiger partial charge is 0.465 e. The number of nitrogens with zero attached hydrogens (tertiary/aromatic N) is 2. The third-order valence-corrected chi connectivity index (χ3v) is 3.93. The minimum absolute atomic E-state index is 0.244. The second-order valence-electron chi connectivity index (χ2n) is 5.85. The van der Waals surface area contributed by atoms with E-state index >= 15 is 0 Å². The van der Waals surface area contributed by atoms with Crippen molar-refractivity contribution in [2.75, 3.05) is 5.32 Å². The van der Waals surface area contributed by atoms with E-state index in [0.29, 0.717) is 5.82 Å². The van der Waals surface area contributed by atoms with Crippen molar-refractivity contribution in [3.8, 4) is 11.1 Å². The molecule has 2 heterocycles. The van der Waals surface area contributed by atoms with E-state index in [1.165, 1.54) is 0 Å². The van der Waals surface area contributed by atoms with Gasteiger partial charge < -0.3 is 15.7 Å². The Balaban J connectivity index is 1.70. The van der Waals surface area contributed by atoms with Crippen LogP contribution in [0.2, 0.25) is 0 Å². The lowest BCUT2D eigenvalue weighted by molar-refractivity contribution is -0.118. The van der Waals surface area contributed by atoms with Gasteiger partial charge >= 0.3 is 6.09 Å². The molecule has 2 aromatic heterocycles. The summed E-state index contributed by atoms with van der Waals surface area (Å²) in [5.41, 5.74) is 2.71. The van der Waals surface area contributed by atoms with Crippen molar-refractivity contribution < 1.29 is 14.7 Å². The summed E-state index contributed by atoms with van der Waals surface area (Å²) in [6.07, 6.45) is 4.01. The number of carbonyl (C=O) groups is 2. The molecule has 0 aliphatic rings. The van der Waals surface area contributed by atoms with Crippen LogP contribution in [-0.4, -0.2) is 33.1 Å². The summed E-state index contributed by atoms with van der Waals surface area (Å²) in [7, 11) is 0. The zero-order chi connectivity index (χ0) is 19.1. The van der Waals surface area contributed by atoms with Crippen molar-refractivity contribution in [1.29, 1.82) is 0 Å². The first-order valence-corrected chi connectivity index (χ1v) is 8.32. The number of amides is 2. The van der Waals surface area contributed by atoms with Crippen LogP contribution in [0.15, 0.2) is 73.2 Å². The molecular formula is C20H18N4O3. The molecule has 0 bridgehead atoms. The quantitative estimate of drug-likeness (QED) is 0.625. The fourth-order valence-corrected chi connectivity index (χ4v) is 2.60. The first-order chi connectivity index (χ1) is 13.1. The molecule has 3 aromatic rings. The Morgan fingerprint density at radius 3 is 2.33 bits per heavy atom. The Kier molecular flexibility index (Phi) is 5.73. The van der Waals surface area contributed by atoms with Crippen LogP contribution in [0.5, 0.6) is 0 Å². The van der Waals surface area contributed by atoms with Crippen molar-refractivity contribution in [3.63, 3.8) is 0 Å². The molecule has 0 fully saturated rings. The van der Waals surface area contributed by atoms with Crippen molar-refractivity contribution in [1.82, 2.24) is 15.3 Å². The molecular weight excluding hydrogens is 344 g/mol. The van der Waals surface area contributed by atoms with Crippen LogP contribution < -0.4 is 10.6 Å². The molecule has 1 atom stereocenters. The Bertz CT molecular complexity index is 900. The highest BCUT2D eigenvalue weighted by Crippen LogP contribution is 2.18. The average Bonchev–Trinajstić information content (AvgIpc) is 2.69. The number of rotatable bonds is 6. The summed E-state index contributed by atoms with van der Waals surface area (Å²) in [4.78, 5) is 31.8. The maximum absolute atomic E-state index is 12.5. The van der Waals surface area contributed by atoms with Gasteiger partial charge in [0, 0.05) is 30.6 Å². The highest BCUT2D eigenvalue weighted by Gasteiger charge is 2.21. The fourth-order valence-electron chi connectivity index (χ4n) is 2.60. The van der Waals surface area contributed by atoms with Crippen molar-refractivity contribution in [3.05, 3.63) is 78.8 Å². The number of carboxylic acid groups (broad SMARTS) is 1. The molecule has 7 nitrogen and oxygen atoms in total. The molecule has 0 saturated carbocycles. The predicted octanol–water partition coefficient (Wildman–Crippen LogP) is 2.96. The van der Waals surface area contributed by atoms with Crippen molar-refractivity contribution in [2.45, 2.75) is 12.5 Å². The van der Waals surface area contributed by atoms with Gasteiger partial charge in [0.05, 0.1) is 0 Å². The summed E-state index contributed by atoms with van der Waals surface area (Å²) in [5.74, 6) is -0.117. The van der Waals surface area contributed by atoms with Gasteiger partial charge in [0.2, 0.25) is 5.91 Å². The van der Waals surface area contributed by atoms with E-state index < -0.39 is 18.0 Å². The predicted molar refractivity (Wildman–Crippen MR) is 101 cm³/mol. The van der Waals surface area contributed by atoms with E-state index in [2.05, 4.69) is 20.6 Å². The van der Waals surface area contributed by atoms with E-state index in [1.807, 2.05) is 48.5 Å². The van der Waals surface area contributed by atoms with Crippen molar-refractivity contribution >= 4 is 17.8 Å². The minimum atomic E-state index is -1.26. The summed E-state index contributed by atoms with van der Waals surface area (Å²) in [5, 5.41) is 13.9. The van der Waals surface area contributed by atoms with Crippen LogP contribution in [0.25, 0.3) is 11.1 Å². The smallest absolute Gasteiger partial charge is 0.405 e. The Morgan fingerprint density at radius 1 is 0.963 bits per heavy atom. The first-order valence-electron chi connectivity index (χ1n) is 8.32. The zero-order valence-electron chi connectivity index (χ0n) is 14.4. The molecule has 0 aliphatic heterocycles. The van der Waals surface area contributed by atoms with E-state index in [0.717, 1.165) is 16.7 Å². The molecule has 3 rings (SSSR count). The SMILES string of the molecule is O=C(O)N[C@@H](Cc1ccccc1)C(=O)Nc1ccc(-c2ccncc2)cn1. The molecule has 2 amide bonds. The van der Waals surface area contributed by atoms with Gasteiger partial charge in [-0.25, -0.2) is 9.78 Å². The molecule has 0 unspecified atom stereocenters. The zero-order valence-corrected chi connectivity index (χ0v) is 14.4. The maximum atomic E-state index is 12.5. The minimum Gasteiger partial charge on any atom is -0.465 e. The van der Waals surface area contributed by atoms with Crippen LogP contribution in [-0.2, 0) is 11.2 Å². The lowest BCUT2D eigenvalue weighted by Gasteiger charge is -2.16. The topological polar surface area (TPSA) is 104 Å². The first kappa shape index (κ1) is 18.1. The number of hydrogen-bond acceptors (Lipinski definition) is 4. The molecule has 136 valence electrons. The second kappa shape index (κ2) is 8.57. The molecule has 3 N–H and O–H groups in total. The van der Waals surface area contributed by atoms with Gasteiger partial charge in [-0.15, -0.1) is 0 Å². The maximum Gasteiger partial charge on any atom is 0.405 e. The molecule has 27 heavy (non-hydrogen) atoms. The van der Waals surface area contributed by atoms with E-state index in [-0.39, 0.29) is 6.42 Å². The summed E-state index contributed by atoms with van der Waals surface area (Å²) >= 11 is 0. The lowest BCUT2D eigenvalue weighted by Crippen LogP contribution is -2.44. The Morgan fingerprint density at radius 2 is 1.70 bits per heavy atom. The second-order valence-corrected chi connectivity index (χ2v) is 5.85. The molecule has 0 spiro atoms. The van der Waals surface area contributed by atoms with Gasteiger partial charge in [-0.1, -0.05) is 30.3 Å². The monoisotopic (exact) mass is 362 g/mol. The highest BCUT2D eigenvalue weighted by molar-refractivity contribution is 5.96. The molecule has 0 saturated heterocycles. The molecule has 7 heteroatoms. The standard InChI is InChI=1S/C20H18N4O3/c25-19(17(23-20(26)27)12-14-4-2-1-3-5-14)24-18-7-6-16(13-22-18)15-8-10-21-11-9-15/h1-11,13,17,23H,12H2,(H,26,27)(H,22,24,25)/t17-/m0/s1. The van der Waals surface area contributed by atoms with E-state index in [4.69, 9.17) is 5.11 Å². The van der Waals surface area contributed by atoms with Crippen LogP contribution in [0.1, 0.15) is 5.56 Å². The summed E-state index contributed by atoms with van der Waals surface area (Å²) < 4.78 is 0. The van der Waals surface area contributed by atoms with Crippen LogP contribution in [0, 0.1) is 0 Å². The Labute approximate surface area is 156 Å². The van der Waals surface area contributed by atoms with Crippen LogP contribution in [0.4, 0.5) is 10.6 Å². The third kappa shape index (κ3) is 5.12. The number of anilines is 1. The lowest BCUT2D eigenvalue weighted by atomic mass is 10.1. The highest BCUT2D eigenvalue weighted by atomic mass is 16.4. The fraction of sp³-hybridized carbons (Fsp3) is 0.100. The van der Waals surface area contributed by atoms with Gasteiger partial charge in [0.15, 0.2) is 0 Å². The normalized spacial score (nSPS) is 11.4. The van der Waals surface area contributed by atoms with Gasteiger partial charge in [-0.05, 0) is 35.4 Å². The number of aromatic nitrogens is 2. The number of hydrogen-bond donors (Lipinski definition) is 3. The van der Waals surface area contributed by atoms with Crippen LogP contribution >= 0.6 is 0 Å². The van der Waals surface area contributed by atoms with Gasteiger partial charge in [0.25, 0.3) is 0 Å². The number of nitrogens with one attached hydrogen (secondary N) is 2. The van der Waals surface area contributed by atoms with Crippen LogP contribution in [0.3, 0.4) is 0 Å². The average molecular weight is 362 g/mol.